The predicted molar refractivity (Wildman–Crippen MR) is 72.6 cm³/mol. The third-order valence-corrected chi connectivity index (χ3v) is 4.89. The van der Waals surface area contributed by atoms with E-state index in [2.05, 4.69) is 22.5 Å². The first kappa shape index (κ1) is 12.1. The minimum absolute atomic E-state index is 0.217. The molecule has 18 heavy (non-hydrogen) atoms. The first-order chi connectivity index (χ1) is 8.76. The van der Waals surface area contributed by atoms with Gasteiger partial charge in [0.25, 0.3) is 0 Å². The molecule has 3 heteroatoms. The van der Waals surface area contributed by atoms with Crippen molar-refractivity contribution in [2.75, 3.05) is 0 Å². The summed E-state index contributed by atoms with van der Waals surface area (Å²) in [5.74, 6) is 8.55. The fraction of sp³-hybridized carbons (Fsp3) is 0.667. The number of hydrogen-bond acceptors (Lipinski definition) is 3. The van der Waals surface area contributed by atoms with Crippen molar-refractivity contribution in [3.63, 3.8) is 0 Å². The van der Waals surface area contributed by atoms with Gasteiger partial charge in [-0.3, -0.25) is 16.3 Å². The molecule has 4 unspecified atom stereocenters. The summed E-state index contributed by atoms with van der Waals surface area (Å²) in [5.41, 5.74) is 5.14. The molecular formula is C15H23N3. The highest BCUT2D eigenvalue weighted by molar-refractivity contribution is 5.13. The summed E-state index contributed by atoms with van der Waals surface area (Å²) in [6.45, 7) is 2.04. The van der Waals surface area contributed by atoms with Gasteiger partial charge >= 0.3 is 0 Å². The highest BCUT2D eigenvalue weighted by atomic mass is 15.2. The van der Waals surface area contributed by atoms with E-state index in [1.807, 2.05) is 13.0 Å². The number of fused-ring (bicyclic) bond motifs is 2. The molecule has 0 saturated heterocycles. The van der Waals surface area contributed by atoms with Crippen molar-refractivity contribution in [2.45, 2.75) is 45.1 Å². The van der Waals surface area contributed by atoms with Crippen LogP contribution in [0.5, 0.6) is 0 Å². The van der Waals surface area contributed by atoms with Gasteiger partial charge in [-0.05, 0) is 62.5 Å². The second-order valence-corrected chi connectivity index (χ2v) is 6.09. The van der Waals surface area contributed by atoms with Crippen LogP contribution in [0, 0.1) is 24.7 Å². The van der Waals surface area contributed by atoms with Gasteiger partial charge in [-0.25, -0.2) is 0 Å². The number of hydrazine groups is 1. The van der Waals surface area contributed by atoms with Gasteiger partial charge in [0.1, 0.15) is 0 Å². The Morgan fingerprint density at radius 2 is 2.28 bits per heavy atom. The number of nitrogens with zero attached hydrogens (tertiary/aromatic N) is 1. The average Bonchev–Trinajstić information content (AvgIpc) is 2.98. The van der Waals surface area contributed by atoms with Gasteiger partial charge in [-0.2, -0.15) is 0 Å². The SMILES string of the molecule is Cc1cccc(C(CC2CC3CCC2C3)NN)n1. The average molecular weight is 245 g/mol. The van der Waals surface area contributed by atoms with Crippen LogP contribution in [-0.2, 0) is 0 Å². The van der Waals surface area contributed by atoms with Crippen LogP contribution in [0.2, 0.25) is 0 Å². The van der Waals surface area contributed by atoms with E-state index in [-0.39, 0.29) is 6.04 Å². The van der Waals surface area contributed by atoms with Crippen molar-refractivity contribution in [2.24, 2.45) is 23.6 Å². The summed E-state index contributed by atoms with van der Waals surface area (Å²) in [5, 5.41) is 0. The molecule has 0 amide bonds. The number of aromatic nitrogens is 1. The van der Waals surface area contributed by atoms with Crippen LogP contribution < -0.4 is 11.3 Å². The summed E-state index contributed by atoms with van der Waals surface area (Å²) in [4.78, 5) is 4.61. The predicted octanol–water partition coefficient (Wildman–Crippen LogP) is 2.72. The van der Waals surface area contributed by atoms with Gasteiger partial charge in [0.2, 0.25) is 0 Å². The summed E-state index contributed by atoms with van der Waals surface area (Å²) < 4.78 is 0. The lowest BCUT2D eigenvalue weighted by molar-refractivity contribution is 0.278. The van der Waals surface area contributed by atoms with Crippen molar-refractivity contribution in [1.82, 2.24) is 10.4 Å². The van der Waals surface area contributed by atoms with Crippen LogP contribution in [0.15, 0.2) is 18.2 Å². The Morgan fingerprint density at radius 3 is 2.89 bits per heavy atom. The molecule has 0 aromatic carbocycles. The van der Waals surface area contributed by atoms with Crippen LogP contribution >= 0.6 is 0 Å². The summed E-state index contributed by atoms with van der Waals surface area (Å²) >= 11 is 0. The maximum atomic E-state index is 5.74. The van der Waals surface area contributed by atoms with Gasteiger partial charge in [-0.1, -0.05) is 12.5 Å². The Balaban J connectivity index is 1.69. The smallest absolute Gasteiger partial charge is 0.0635 e. The van der Waals surface area contributed by atoms with E-state index in [9.17, 15) is 0 Å². The van der Waals surface area contributed by atoms with E-state index in [4.69, 9.17) is 5.84 Å². The lowest BCUT2D eigenvalue weighted by atomic mass is 9.83. The standard InChI is InChI=1S/C15H23N3/c1-10-3-2-4-14(17-10)15(18-16)9-13-8-11-5-6-12(13)7-11/h2-4,11-13,15,18H,5-9,16H2,1H3. The molecule has 3 nitrogen and oxygen atoms in total. The van der Waals surface area contributed by atoms with Crippen molar-refractivity contribution >= 4 is 0 Å². The molecule has 3 rings (SSSR count). The number of nitrogens with one attached hydrogen (secondary N) is 1. The zero-order valence-electron chi connectivity index (χ0n) is 11.1. The molecule has 2 saturated carbocycles. The first-order valence-electron chi connectivity index (χ1n) is 7.16. The highest BCUT2D eigenvalue weighted by Gasteiger charge is 2.40. The molecule has 0 aliphatic heterocycles. The number of hydrogen-bond donors (Lipinski definition) is 2. The van der Waals surface area contributed by atoms with E-state index in [1.54, 1.807) is 0 Å². The second-order valence-electron chi connectivity index (χ2n) is 6.09. The molecule has 3 N–H and O–H groups in total. The van der Waals surface area contributed by atoms with Crippen LogP contribution in [0.3, 0.4) is 0 Å². The maximum absolute atomic E-state index is 5.74. The summed E-state index contributed by atoms with van der Waals surface area (Å²) in [6.07, 6.45) is 6.92. The van der Waals surface area contributed by atoms with Gasteiger partial charge in [0.05, 0.1) is 11.7 Å². The molecule has 2 bridgehead atoms. The zero-order valence-corrected chi connectivity index (χ0v) is 11.1. The Bertz CT molecular complexity index is 418. The molecule has 2 aliphatic carbocycles. The Labute approximate surface area is 109 Å². The molecular weight excluding hydrogens is 222 g/mol. The number of aryl methyl sites for hydroxylation is 1. The third-order valence-electron chi connectivity index (χ3n) is 4.89. The number of pyridine rings is 1. The van der Waals surface area contributed by atoms with Crippen LogP contribution in [-0.4, -0.2) is 4.98 Å². The topological polar surface area (TPSA) is 50.9 Å². The van der Waals surface area contributed by atoms with Crippen LogP contribution in [0.4, 0.5) is 0 Å². The van der Waals surface area contributed by atoms with Crippen molar-refractivity contribution in [1.29, 1.82) is 0 Å². The minimum atomic E-state index is 0.217. The van der Waals surface area contributed by atoms with E-state index in [1.165, 1.54) is 25.7 Å². The fourth-order valence-electron chi connectivity index (χ4n) is 4.00. The van der Waals surface area contributed by atoms with Crippen molar-refractivity contribution in [3.05, 3.63) is 29.6 Å². The van der Waals surface area contributed by atoms with E-state index in [0.717, 1.165) is 35.6 Å². The third kappa shape index (κ3) is 2.29. The number of rotatable bonds is 4. The maximum Gasteiger partial charge on any atom is 0.0635 e. The minimum Gasteiger partial charge on any atom is -0.271 e. The summed E-state index contributed by atoms with van der Waals surface area (Å²) in [6, 6.07) is 6.41. The second kappa shape index (κ2) is 4.98. The van der Waals surface area contributed by atoms with Gasteiger partial charge < -0.3 is 0 Å². The molecule has 2 aliphatic rings. The van der Waals surface area contributed by atoms with Crippen LogP contribution in [0.1, 0.15) is 49.5 Å². The molecule has 1 aromatic rings. The fourth-order valence-corrected chi connectivity index (χ4v) is 4.00. The summed E-state index contributed by atoms with van der Waals surface area (Å²) in [7, 11) is 0. The molecule has 1 aromatic heterocycles. The normalized spacial score (nSPS) is 31.8. The van der Waals surface area contributed by atoms with Crippen LogP contribution in [0.25, 0.3) is 0 Å². The van der Waals surface area contributed by atoms with Gasteiger partial charge in [0, 0.05) is 5.69 Å². The molecule has 0 spiro atoms. The zero-order chi connectivity index (χ0) is 12.5. The quantitative estimate of drug-likeness (QED) is 0.633. The lowest BCUT2D eigenvalue weighted by Gasteiger charge is -2.26. The Morgan fingerprint density at radius 1 is 1.39 bits per heavy atom. The first-order valence-corrected chi connectivity index (χ1v) is 7.16. The molecule has 2 fully saturated rings. The highest BCUT2D eigenvalue weighted by Crippen LogP contribution is 2.50. The van der Waals surface area contributed by atoms with Gasteiger partial charge in [0.15, 0.2) is 0 Å². The Hall–Kier alpha value is -0.930. The number of nitrogens with two attached hydrogens (primary N) is 1. The van der Waals surface area contributed by atoms with Crippen molar-refractivity contribution < 1.29 is 0 Å². The largest absolute Gasteiger partial charge is 0.271 e. The monoisotopic (exact) mass is 245 g/mol. The van der Waals surface area contributed by atoms with E-state index >= 15 is 0 Å². The van der Waals surface area contributed by atoms with E-state index in [0.29, 0.717) is 0 Å². The molecule has 0 radical (unpaired) electrons. The molecule has 98 valence electrons. The van der Waals surface area contributed by atoms with Gasteiger partial charge in [-0.15, -0.1) is 0 Å². The molecule has 1 heterocycles. The van der Waals surface area contributed by atoms with E-state index < -0.39 is 0 Å². The molecule has 4 atom stereocenters. The lowest BCUT2D eigenvalue weighted by Crippen LogP contribution is -2.31. The van der Waals surface area contributed by atoms with Crippen molar-refractivity contribution in [3.8, 4) is 0 Å². The Kier molecular flexibility index (Phi) is 3.35.